The molecule has 0 aromatic carbocycles. The zero-order valence-corrected chi connectivity index (χ0v) is 10.4. The quantitative estimate of drug-likeness (QED) is 0.721. The van der Waals surface area contributed by atoms with Crippen LogP contribution in [0.25, 0.3) is 0 Å². The Balaban J connectivity index is 2.80. The Bertz CT molecular complexity index is 391. The molecule has 4 nitrogen and oxygen atoms in total. The van der Waals surface area contributed by atoms with Crippen LogP contribution in [0.2, 0.25) is 0 Å². The summed E-state index contributed by atoms with van der Waals surface area (Å²) in [6, 6.07) is 0. The highest BCUT2D eigenvalue weighted by Crippen LogP contribution is 2.23. The summed E-state index contributed by atoms with van der Waals surface area (Å²) in [5, 5.41) is 4.17. The molecule has 0 aliphatic rings. The maximum atomic E-state index is 11.5. The normalized spacial score (nSPS) is 11.2. The predicted octanol–water partition coefficient (Wildman–Crippen LogP) is 1.43. The van der Waals surface area contributed by atoms with Crippen molar-refractivity contribution in [1.29, 1.82) is 0 Å². The van der Waals surface area contributed by atoms with Crippen LogP contribution in [0, 0.1) is 0 Å². The second kappa shape index (κ2) is 4.51. The van der Waals surface area contributed by atoms with Crippen LogP contribution in [0.15, 0.2) is 25.0 Å². The molecule has 0 atom stereocenters. The maximum Gasteiger partial charge on any atom is 0.243 e. The van der Waals surface area contributed by atoms with Crippen LogP contribution in [-0.4, -0.2) is 34.7 Å². The van der Waals surface area contributed by atoms with Crippen LogP contribution in [0.1, 0.15) is 19.4 Å². The summed E-state index contributed by atoms with van der Waals surface area (Å²) >= 11 is 0. The lowest BCUT2D eigenvalue weighted by Crippen LogP contribution is -2.26. The molecule has 1 aromatic heterocycles. The minimum Gasteiger partial charge on any atom is -0.347 e. The summed E-state index contributed by atoms with van der Waals surface area (Å²) in [7, 11) is 3.47. The second-order valence-corrected chi connectivity index (χ2v) is 4.64. The number of hydrogen-bond donors (Lipinski definition) is 0. The Morgan fingerprint density at radius 1 is 1.62 bits per heavy atom. The molecule has 0 fully saturated rings. The fourth-order valence-electron chi connectivity index (χ4n) is 1.18. The molecule has 0 spiro atoms. The summed E-state index contributed by atoms with van der Waals surface area (Å²) in [5.41, 5.74) is 0.952. The van der Waals surface area contributed by atoms with Crippen LogP contribution in [0.5, 0.6) is 0 Å². The smallest absolute Gasteiger partial charge is 0.243 e. The van der Waals surface area contributed by atoms with Crippen molar-refractivity contribution in [1.82, 2.24) is 14.7 Å². The van der Waals surface area contributed by atoms with Gasteiger partial charge in [-0.3, -0.25) is 9.48 Å². The summed E-state index contributed by atoms with van der Waals surface area (Å²) in [6.45, 7) is 8.20. The standard InChI is InChI=1S/C12H19N3O/c1-6-12(2,3)10-7-13-15(8-10)9-11(16)14(4)5/h6-8H,1,9H2,2-5H3. The van der Waals surface area contributed by atoms with Crippen molar-refractivity contribution in [3.63, 3.8) is 0 Å². The van der Waals surface area contributed by atoms with E-state index in [1.54, 1.807) is 29.9 Å². The molecule has 0 bridgehead atoms. The fourth-order valence-corrected chi connectivity index (χ4v) is 1.18. The van der Waals surface area contributed by atoms with Crippen molar-refractivity contribution >= 4 is 5.91 Å². The number of hydrogen-bond acceptors (Lipinski definition) is 2. The Labute approximate surface area is 96.6 Å². The van der Waals surface area contributed by atoms with Gasteiger partial charge in [-0.15, -0.1) is 6.58 Å². The van der Waals surface area contributed by atoms with Crippen molar-refractivity contribution in [2.24, 2.45) is 0 Å². The molecule has 0 unspecified atom stereocenters. The predicted molar refractivity (Wildman–Crippen MR) is 64.1 cm³/mol. The van der Waals surface area contributed by atoms with E-state index < -0.39 is 0 Å². The van der Waals surface area contributed by atoms with Gasteiger partial charge in [0, 0.05) is 25.7 Å². The van der Waals surface area contributed by atoms with Gasteiger partial charge in [0.05, 0.1) is 6.20 Å². The molecular formula is C12H19N3O. The molecular weight excluding hydrogens is 202 g/mol. The molecule has 0 aliphatic heterocycles. The molecule has 1 rings (SSSR count). The van der Waals surface area contributed by atoms with Crippen LogP contribution in [0.3, 0.4) is 0 Å². The average molecular weight is 221 g/mol. The summed E-state index contributed by atoms with van der Waals surface area (Å²) in [4.78, 5) is 13.0. The van der Waals surface area contributed by atoms with Gasteiger partial charge in [0.2, 0.25) is 5.91 Å². The summed E-state index contributed by atoms with van der Waals surface area (Å²) in [6.07, 6.45) is 5.55. The number of carbonyl (C=O) groups excluding carboxylic acids is 1. The first-order valence-corrected chi connectivity index (χ1v) is 5.23. The van der Waals surface area contributed by atoms with Crippen molar-refractivity contribution in [3.05, 3.63) is 30.6 Å². The van der Waals surface area contributed by atoms with Crippen molar-refractivity contribution in [3.8, 4) is 0 Å². The van der Waals surface area contributed by atoms with Crippen molar-refractivity contribution < 1.29 is 4.79 Å². The first kappa shape index (κ1) is 12.5. The zero-order valence-electron chi connectivity index (χ0n) is 10.4. The largest absolute Gasteiger partial charge is 0.347 e. The number of nitrogens with zero attached hydrogens (tertiary/aromatic N) is 3. The number of likely N-dealkylation sites (N-methyl/N-ethyl adjacent to an activating group) is 1. The van der Waals surface area contributed by atoms with E-state index in [-0.39, 0.29) is 17.9 Å². The third kappa shape index (κ3) is 2.72. The monoisotopic (exact) mass is 221 g/mol. The van der Waals surface area contributed by atoms with Crippen LogP contribution in [-0.2, 0) is 16.8 Å². The van der Waals surface area contributed by atoms with E-state index >= 15 is 0 Å². The van der Waals surface area contributed by atoms with Gasteiger partial charge in [0.15, 0.2) is 0 Å². The Hall–Kier alpha value is -1.58. The number of aromatic nitrogens is 2. The molecule has 1 amide bonds. The lowest BCUT2D eigenvalue weighted by molar-refractivity contribution is -0.129. The van der Waals surface area contributed by atoms with Crippen LogP contribution < -0.4 is 0 Å². The molecule has 1 heterocycles. The van der Waals surface area contributed by atoms with Gasteiger partial charge in [-0.05, 0) is 5.56 Å². The van der Waals surface area contributed by atoms with Crippen LogP contribution >= 0.6 is 0 Å². The molecule has 0 radical (unpaired) electrons. The third-order valence-corrected chi connectivity index (χ3v) is 2.68. The van der Waals surface area contributed by atoms with E-state index in [1.165, 1.54) is 0 Å². The summed E-state index contributed by atoms with van der Waals surface area (Å²) < 4.78 is 1.66. The minimum atomic E-state index is -0.112. The van der Waals surface area contributed by atoms with E-state index in [4.69, 9.17) is 0 Å². The number of carbonyl (C=O) groups is 1. The minimum absolute atomic E-state index is 0.0334. The molecule has 0 saturated carbocycles. The van der Waals surface area contributed by atoms with E-state index in [9.17, 15) is 4.79 Å². The number of amides is 1. The summed E-state index contributed by atoms with van der Waals surface area (Å²) in [5.74, 6) is 0.0334. The number of allylic oxidation sites excluding steroid dienone is 1. The lowest BCUT2D eigenvalue weighted by Gasteiger charge is -2.17. The first-order chi connectivity index (χ1) is 7.36. The van der Waals surface area contributed by atoms with E-state index in [0.717, 1.165) is 5.56 Å². The molecule has 1 aromatic rings. The van der Waals surface area contributed by atoms with E-state index in [1.807, 2.05) is 12.3 Å². The van der Waals surface area contributed by atoms with Gasteiger partial charge in [-0.25, -0.2) is 0 Å². The van der Waals surface area contributed by atoms with Gasteiger partial charge >= 0.3 is 0 Å². The second-order valence-electron chi connectivity index (χ2n) is 4.64. The Morgan fingerprint density at radius 2 is 2.25 bits per heavy atom. The van der Waals surface area contributed by atoms with Crippen LogP contribution in [0.4, 0.5) is 0 Å². The average Bonchev–Trinajstić information content (AvgIpc) is 2.66. The van der Waals surface area contributed by atoms with Crippen molar-refractivity contribution in [2.75, 3.05) is 14.1 Å². The van der Waals surface area contributed by atoms with Gasteiger partial charge in [0.1, 0.15) is 6.54 Å². The molecule has 4 heteroatoms. The molecule has 0 saturated heterocycles. The third-order valence-electron chi connectivity index (χ3n) is 2.68. The topological polar surface area (TPSA) is 38.1 Å². The van der Waals surface area contributed by atoms with Gasteiger partial charge < -0.3 is 4.90 Å². The Morgan fingerprint density at radius 3 is 2.75 bits per heavy atom. The molecule has 88 valence electrons. The molecule has 16 heavy (non-hydrogen) atoms. The first-order valence-electron chi connectivity index (χ1n) is 5.23. The molecule has 0 aliphatic carbocycles. The SMILES string of the molecule is C=CC(C)(C)c1cnn(CC(=O)N(C)C)c1. The fraction of sp³-hybridized carbons (Fsp3) is 0.500. The van der Waals surface area contributed by atoms with E-state index in [2.05, 4.69) is 25.5 Å². The van der Waals surface area contributed by atoms with Crippen molar-refractivity contribution in [2.45, 2.75) is 25.8 Å². The maximum absolute atomic E-state index is 11.5. The Kier molecular flexibility index (Phi) is 3.52. The van der Waals surface area contributed by atoms with E-state index in [0.29, 0.717) is 0 Å². The van der Waals surface area contributed by atoms with Gasteiger partial charge in [0.25, 0.3) is 0 Å². The van der Waals surface area contributed by atoms with Gasteiger partial charge in [-0.1, -0.05) is 19.9 Å². The highest BCUT2D eigenvalue weighted by molar-refractivity contribution is 5.75. The van der Waals surface area contributed by atoms with Gasteiger partial charge in [-0.2, -0.15) is 5.10 Å². The number of rotatable bonds is 4. The zero-order chi connectivity index (χ0) is 12.3. The molecule has 0 N–H and O–H groups in total. The highest BCUT2D eigenvalue weighted by atomic mass is 16.2. The highest BCUT2D eigenvalue weighted by Gasteiger charge is 2.18. The lowest BCUT2D eigenvalue weighted by atomic mass is 9.87.